The van der Waals surface area contributed by atoms with Gasteiger partial charge in [-0.3, -0.25) is 4.79 Å². The summed E-state index contributed by atoms with van der Waals surface area (Å²) >= 11 is 9.28. The van der Waals surface area contributed by atoms with Crippen molar-refractivity contribution in [2.24, 2.45) is 5.73 Å². The van der Waals surface area contributed by atoms with Crippen LogP contribution in [-0.4, -0.2) is 11.4 Å². The zero-order valence-electron chi connectivity index (χ0n) is 10.0. The van der Waals surface area contributed by atoms with Crippen LogP contribution in [0.15, 0.2) is 22.7 Å². The Bertz CT molecular complexity index is 458. The van der Waals surface area contributed by atoms with E-state index in [1.807, 2.05) is 12.1 Å². The number of anilines is 1. The molecule has 0 atom stereocenters. The van der Waals surface area contributed by atoms with Gasteiger partial charge in [-0.2, -0.15) is 0 Å². The summed E-state index contributed by atoms with van der Waals surface area (Å²) in [6, 6.07) is 5.35. The molecule has 0 radical (unpaired) electrons. The third kappa shape index (κ3) is 3.46. The second-order valence-electron chi connectivity index (χ2n) is 4.92. The Balaban J connectivity index is 1.96. The first kappa shape index (κ1) is 13.8. The van der Waals surface area contributed by atoms with E-state index in [1.165, 1.54) is 0 Å². The van der Waals surface area contributed by atoms with Gasteiger partial charge in [0.25, 0.3) is 0 Å². The summed E-state index contributed by atoms with van der Waals surface area (Å²) in [5.41, 5.74) is 6.56. The van der Waals surface area contributed by atoms with Crippen LogP contribution in [0.5, 0.6) is 0 Å². The van der Waals surface area contributed by atoms with Crippen molar-refractivity contribution in [3.8, 4) is 0 Å². The van der Waals surface area contributed by atoms with Crippen LogP contribution in [0.4, 0.5) is 5.69 Å². The van der Waals surface area contributed by atoms with Crippen molar-refractivity contribution < 1.29 is 4.79 Å². The van der Waals surface area contributed by atoms with Crippen LogP contribution in [0.3, 0.4) is 0 Å². The van der Waals surface area contributed by atoms with Crippen molar-refractivity contribution in [1.29, 1.82) is 0 Å². The molecule has 1 aliphatic rings. The minimum absolute atomic E-state index is 0.0437. The molecule has 1 aromatic carbocycles. The minimum Gasteiger partial charge on any atom is -0.326 e. The number of carbonyl (C=O) groups excluding carboxylic acids is 1. The Kier molecular flexibility index (Phi) is 4.30. The Morgan fingerprint density at radius 1 is 1.44 bits per heavy atom. The van der Waals surface area contributed by atoms with Crippen LogP contribution in [0, 0.1) is 0 Å². The molecule has 0 saturated heterocycles. The van der Waals surface area contributed by atoms with Gasteiger partial charge in [-0.1, -0.05) is 24.4 Å². The van der Waals surface area contributed by atoms with Crippen molar-refractivity contribution in [3.05, 3.63) is 27.7 Å². The van der Waals surface area contributed by atoms with Crippen molar-refractivity contribution in [3.63, 3.8) is 0 Å². The van der Waals surface area contributed by atoms with Gasteiger partial charge in [0, 0.05) is 22.1 Å². The van der Waals surface area contributed by atoms with E-state index in [1.54, 1.807) is 6.07 Å². The number of carbonyl (C=O) groups is 1. The summed E-state index contributed by atoms with van der Waals surface area (Å²) in [7, 11) is 0. The van der Waals surface area contributed by atoms with Crippen molar-refractivity contribution in [2.45, 2.75) is 37.6 Å². The van der Waals surface area contributed by atoms with Crippen LogP contribution in [0.1, 0.15) is 32.1 Å². The van der Waals surface area contributed by atoms with Crippen LogP contribution >= 0.6 is 27.5 Å². The maximum atomic E-state index is 11.9. The molecule has 1 saturated carbocycles. The number of rotatable bonds is 3. The van der Waals surface area contributed by atoms with Gasteiger partial charge < -0.3 is 11.1 Å². The van der Waals surface area contributed by atoms with E-state index in [4.69, 9.17) is 17.3 Å². The second kappa shape index (κ2) is 5.59. The highest BCUT2D eigenvalue weighted by Gasteiger charge is 2.31. The summed E-state index contributed by atoms with van der Waals surface area (Å²) in [5.74, 6) is -0.0437. The highest BCUT2D eigenvalue weighted by atomic mass is 79.9. The maximum Gasteiger partial charge on any atom is 0.226 e. The minimum atomic E-state index is -0.316. The molecule has 3 N–H and O–H groups in total. The van der Waals surface area contributed by atoms with Crippen molar-refractivity contribution in [1.82, 2.24) is 0 Å². The van der Waals surface area contributed by atoms with E-state index in [0.29, 0.717) is 17.1 Å². The summed E-state index contributed by atoms with van der Waals surface area (Å²) in [6.45, 7) is 0. The molecular weight excluding hydrogens is 316 g/mol. The van der Waals surface area contributed by atoms with Crippen LogP contribution < -0.4 is 11.1 Å². The molecule has 98 valence electrons. The molecule has 1 aliphatic carbocycles. The first-order chi connectivity index (χ1) is 8.48. The summed E-state index contributed by atoms with van der Waals surface area (Å²) < 4.78 is 0.813. The predicted octanol–water partition coefficient (Wildman–Crippen LogP) is 3.70. The van der Waals surface area contributed by atoms with Gasteiger partial charge in [0.2, 0.25) is 5.91 Å². The maximum absolute atomic E-state index is 11.9. The largest absolute Gasteiger partial charge is 0.326 e. The highest BCUT2D eigenvalue weighted by Crippen LogP contribution is 2.31. The molecule has 3 nitrogen and oxygen atoms in total. The summed E-state index contributed by atoms with van der Waals surface area (Å²) in [6.07, 6.45) is 4.48. The molecule has 1 amide bonds. The molecule has 1 aromatic rings. The molecule has 0 bridgehead atoms. The van der Waals surface area contributed by atoms with E-state index in [2.05, 4.69) is 21.2 Å². The predicted molar refractivity (Wildman–Crippen MR) is 77.8 cm³/mol. The molecule has 0 spiro atoms. The van der Waals surface area contributed by atoms with E-state index < -0.39 is 0 Å². The average Bonchev–Trinajstić information content (AvgIpc) is 2.70. The lowest BCUT2D eigenvalue weighted by molar-refractivity contribution is -0.117. The molecule has 1 fully saturated rings. The molecule has 0 unspecified atom stereocenters. The fourth-order valence-corrected chi connectivity index (χ4v) is 2.78. The molecule has 18 heavy (non-hydrogen) atoms. The smallest absolute Gasteiger partial charge is 0.226 e. The lowest BCUT2D eigenvalue weighted by Crippen LogP contribution is -2.40. The number of amides is 1. The number of halogens is 2. The normalized spacial score (nSPS) is 17.7. The molecule has 0 heterocycles. The number of nitrogens with one attached hydrogen (secondary N) is 1. The first-order valence-electron chi connectivity index (χ1n) is 6.02. The monoisotopic (exact) mass is 330 g/mol. The molecule has 0 aliphatic heterocycles. The Morgan fingerprint density at radius 3 is 2.72 bits per heavy atom. The topological polar surface area (TPSA) is 55.1 Å². The second-order valence-corrected chi connectivity index (χ2v) is 6.18. The SMILES string of the molecule is NC1(CC(=O)Nc2ccc(Br)c(Cl)c2)CCCC1. The van der Waals surface area contributed by atoms with E-state index in [0.717, 1.165) is 30.2 Å². The van der Waals surface area contributed by atoms with E-state index in [-0.39, 0.29) is 11.4 Å². The number of benzene rings is 1. The van der Waals surface area contributed by atoms with Crippen LogP contribution in [-0.2, 0) is 4.79 Å². The van der Waals surface area contributed by atoms with Gasteiger partial charge in [0.15, 0.2) is 0 Å². The van der Waals surface area contributed by atoms with Crippen LogP contribution in [0.2, 0.25) is 5.02 Å². The Morgan fingerprint density at radius 2 is 2.11 bits per heavy atom. The molecular formula is C13H16BrClN2O. The highest BCUT2D eigenvalue weighted by molar-refractivity contribution is 9.10. The lowest BCUT2D eigenvalue weighted by atomic mass is 9.94. The number of hydrogen-bond acceptors (Lipinski definition) is 2. The Hall–Kier alpha value is -0.580. The van der Waals surface area contributed by atoms with E-state index >= 15 is 0 Å². The zero-order chi connectivity index (χ0) is 13.2. The first-order valence-corrected chi connectivity index (χ1v) is 7.19. The lowest BCUT2D eigenvalue weighted by Gasteiger charge is -2.22. The number of hydrogen-bond donors (Lipinski definition) is 2. The summed E-state index contributed by atoms with van der Waals surface area (Å²) in [4.78, 5) is 11.9. The molecule has 2 rings (SSSR count). The molecule has 5 heteroatoms. The number of nitrogens with two attached hydrogens (primary N) is 1. The fourth-order valence-electron chi connectivity index (χ4n) is 2.35. The third-order valence-electron chi connectivity index (χ3n) is 3.32. The quantitative estimate of drug-likeness (QED) is 0.887. The molecule has 0 aromatic heterocycles. The van der Waals surface area contributed by atoms with Gasteiger partial charge in [-0.25, -0.2) is 0 Å². The van der Waals surface area contributed by atoms with Gasteiger partial charge in [0.1, 0.15) is 0 Å². The standard InChI is InChI=1S/C13H16BrClN2O/c14-10-4-3-9(7-11(10)15)17-12(18)8-13(16)5-1-2-6-13/h3-4,7H,1-2,5-6,8,16H2,(H,17,18). The van der Waals surface area contributed by atoms with Crippen LogP contribution in [0.25, 0.3) is 0 Å². The van der Waals surface area contributed by atoms with Crippen molar-refractivity contribution >= 4 is 39.1 Å². The Labute approximate surface area is 120 Å². The summed E-state index contributed by atoms with van der Waals surface area (Å²) in [5, 5.41) is 3.42. The zero-order valence-corrected chi connectivity index (χ0v) is 12.4. The van der Waals surface area contributed by atoms with Crippen molar-refractivity contribution in [2.75, 3.05) is 5.32 Å². The van der Waals surface area contributed by atoms with Gasteiger partial charge in [-0.15, -0.1) is 0 Å². The van der Waals surface area contributed by atoms with E-state index in [9.17, 15) is 4.79 Å². The third-order valence-corrected chi connectivity index (χ3v) is 4.55. The average molecular weight is 332 g/mol. The van der Waals surface area contributed by atoms with Gasteiger partial charge >= 0.3 is 0 Å². The van der Waals surface area contributed by atoms with Gasteiger partial charge in [-0.05, 0) is 47.0 Å². The van der Waals surface area contributed by atoms with Gasteiger partial charge in [0.05, 0.1) is 5.02 Å². The fraction of sp³-hybridized carbons (Fsp3) is 0.462.